The van der Waals surface area contributed by atoms with Gasteiger partial charge in [-0.1, -0.05) is 50.2 Å². The maximum Gasteiger partial charge on any atom is 0.330 e. The highest BCUT2D eigenvalue weighted by Crippen LogP contribution is 2.34. The Morgan fingerprint density at radius 1 is 1.21 bits per heavy atom. The zero-order valence-corrected chi connectivity index (χ0v) is 20.4. The van der Waals surface area contributed by atoms with Crippen molar-refractivity contribution >= 4 is 28.7 Å². The molecule has 4 rings (SSSR count). The summed E-state index contributed by atoms with van der Waals surface area (Å²) in [5, 5.41) is 2.05. The van der Waals surface area contributed by atoms with Gasteiger partial charge < -0.3 is 10.6 Å². The molecule has 3 heterocycles. The van der Waals surface area contributed by atoms with E-state index in [1.807, 2.05) is 50.2 Å². The van der Waals surface area contributed by atoms with Crippen LogP contribution in [0.1, 0.15) is 43.2 Å². The second-order valence-electron chi connectivity index (χ2n) is 9.11. The minimum Gasteiger partial charge on any atom is -0.383 e. The van der Waals surface area contributed by atoms with E-state index in [0.29, 0.717) is 6.54 Å². The number of aromatic nitrogens is 2. The second kappa shape index (κ2) is 10.4. The van der Waals surface area contributed by atoms with Gasteiger partial charge in [0, 0.05) is 17.5 Å². The van der Waals surface area contributed by atoms with Gasteiger partial charge in [0.1, 0.15) is 5.82 Å². The van der Waals surface area contributed by atoms with Gasteiger partial charge in [0.05, 0.1) is 13.1 Å². The Labute approximate surface area is 202 Å². The van der Waals surface area contributed by atoms with E-state index in [1.165, 1.54) is 14.3 Å². The second-order valence-corrected chi connectivity index (χ2v) is 10.1. The average molecular weight is 482 g/mol. The highest BCUT2D eigenvalue weighted by molar-refractivity contribution is 7.10. The van der Waals surface area contributed by atoms with Crippen LogP contribution in [0, 0.1) is 5.92 Å². The fourth-order valence-electron chi connectivity index (χ4n) is 4.52. The molecule has 1 aliphatic rings. The number of nitrogens with one attached hydrogen (secondary N) is 1. The third-order valence-electron chi connectivity index (χ3n) is 6.09. The number of hydrogen-bond donors (Lipinski definition) is 2. The normalized spacial score (nSPS) is 16.3. The van der Waals surface area contributed by atoms with Crippen LogP contribution < -0.4 is 21.9 Å². The third kappa shape index (κ3) is 5.15. The minimum absolute atomic E-state index is 0.00262. The van der Waals surface area contributed by atoms with Crippen LogP contribution in [0.15, 0.2) is 57.4 Å². The van der Waals surface area contributed by atoms with Crippen LogP contribution in [0.5, 0.6) is 0 Å². The van der Waals surface area contributed by atoms with Crippen molar-refractivity contribution in [3.8, 4) is 0 Å². The number of anilines is 2. The maximum atomic E-state index is 13.6. The molecule has 180 valence electrons. The Hall–Kier alpha value is -3.17. The number of rotatable bonds is 8. The first-order valence-corrected chi connectivity index (χ1v) is 12.5. The van der Waals surface area contributed by atoms with Crippen LogP contribution in [-0.4, -0.2) is 40.0 Å². The van der Waals surface area contributed by atoms with E-state index >= 15 is 0 Å². The summed E-state index contributed by atoms with van der Waals surface area (Å²) >= 11 is 1.70. The van der Waals surface area contributed by atoms with E-state index in [1.54, 1.807) is 11.3 Å². The van der Waals surface area contributed by atoms with Gasteiger partial charge in [0.2, 0.25) is 5.91 Å². The Kier molecular flexibility index (Phi) is 7.33. The van der Waals surface area contributed by atoms with Crippen molar-refractivity contribution in [1.29, 1.82) is 0 Å². The quantitative estimate of drug-likeness (QED) is 0.515. The SMILES string of the molecule is CC(C)CN(C(=O)CN1CCC[C@@H]1c1cccs1)c1c(N)n(Cc2ccccc2)c(=O)[nH]c1=O. The minimum atomic E-state index is -0.642. The summed E-state index contributed by atoms with van der Waals surface area (Å²) < 4.78 is 1.32. The van der Waals surface area contributed by atoms with Gasteiger partial charge in [0.25, 0.3) is 5.56 Å². The number of benzene rings is 1. The van der Waals surface area contributed by atoms with Crippen molar-refractivity contribution < 1.29 is 4.79 Å². The molecule has 1 atom stereocenters. The molecule has 34 heavy (non-hydrogen) atoms. The average Bonchev–Trinajstić information content (AvgIpc) is 3.48. The molecule has 1 aliphatic heterocycles. The van der Waals surface area contributed by atoms with Crippen molar-refractivity contribution in [3.63, 3.8) is 0 Å². The monoisotopic (exact) mass is 481 g/mol. The molecule has 9 heteroatoms. The molecule has 0 saturated carbocycles. The summed E-state index contributed by atoms with van der Waals surface area (Å²) in [6.45, 7) is 5.50. The van der Waals surface area contributed by atoms with Crippen molar-refractivity contribution in [2.75, 3.05) is 30.3 Å². The molecule has 1 fully saturated rings. The van der Waals surface area contributed by atoms with Gasteiger partial charge >= 0.3 is 5.69 Å². The number of carbonyl (C=O) groups excluding carboxylic acids is 1. The largest absolute Gasteiger partial charge is 0.383 e. The van der Waals surface area contributed by atoms with Crippen LogP contribution >= 0.6 is 11.3 Å². The number of nitrogen functional groups attached to an aromatic ring is 1. The predicted molar refractivity (Wildman–Crippen MR) is 136 cm³/mol. The number of H-pyrrole nitrogens is 1. The molecule has 0 bridgehead atoms. The van der Waals surface area contributed by atoms with Crippen LogP contribution in [0.3, 0.4) is 0 Å². The van der Waals surface area contributed by atoms with Crippen molar-refractivity contribution in [2.24, 2.45) is 5.92 Å². The van der Waals surface area contributed by atoms with Crippen molar-refractivity contribution in [1.82, 2.24) is 14.5 Å². The molecule has 0 unspecified atom stereocenters. The van der Waals surface area contributed by atoms with E-state index in [2.05, 4.69) is 21.3 Å². The summed E-state index contributed by atoms with van der Waals surface area (Å²) in [6, 6.07) is 13.7. The summed E-state index contributed by atoms with van der Waals surface area (Å²) in [4.78, 5) is 46.4. The Morgan fingerprint density at radius 2 is 1.97 bits per heavy atom. The van der Waals surface area contributed by atoms with Gasteiger partial charge in [-0.3, -0.25) is 24.0 Å². The van der Waals surface area contributed by atoms with Crippen molar-refractivity contribution in [2.45, 2.75) is 39.3 Å². The van der Waals surface area contributed by atoms with Crippen LogP contribution in [0.4, 0.5) is 11.5 Å². The number of nitrogens with zero attached hydrogens (tertiary/aromatic N) is 3. The standard InChI is InChI=1S/C25H31N5O3S/c1-17(2)14-29(21(31)16-28-12-6-10-19(28)20-11-7-13-34-20)22-23(26)30(25(33)27-24(22)32)15-18-8-4-3-5-9-18/h3-5,7-9,11,13,17,19H,6,10,12,14-16,26H2,1-2H3,(H,27,32,33)/t19-/m1/s1. The van der Waals surface area contributed by atoms with Gasteiger partial charge in [-0.2, -0.15) is 0 Å². The molecule has 2 aromatic heterocycles. The smallest absolute Gasteiger partial charge is 0.330 e. The summed E-state index contributed by atoms with van der Waals surface area (Å²) in [6.07, 6.45) is 2.02. The summed E-state index contributed by atoms with van der Waals surface area (Å²) in [7, 11) is 0. The van der Waals surface area contributed by atoms with Gasteiger partial charge in [0.15, 0.2) is 5.69 Å². The summed E-state index contributed by atoms with van der Waals surface area (Å²) in [5.41, 5.74) is 6.07. The highest BCUT2D eigenvalue weighted by atomic mass is 32.1. The predicted octanol–water partition coefficient (Wildman–Crippen LogP) is 3.05. The zero-order chi connectivity index (χ0) is 24.2. The van der Waals surface area contributed by atoms with Crippen LogP contribution in [-0.2, 0) is 11.3 Å². The van der Waals surface area contributed by atoms with E-state index in [9.17, 15) is 14.4 Å². The lowest BCUT2D eigenvalue weighted by atomic mass is 10.1. The molecule has 0 aliphatic carbocycles. The van der Waals surface area contributed by atoms with Gasteiger partial charge in [-0.25, -0.2) is 4.79 Å². The lowest BCUT2D eigenvalue weighted by molar-refractivity contribution is -0.120. The molecular formula is C25H31N5O3S. The van der Waals surface area contributed by atoms with Crippen LogP contribution in [0.2, 0.25) is 0 Å². The van der Waals surface area contributed by atoms with E-state index in [4.69, 9.17) is 5.73 Å². The topological polar surface area (TPSA) is 104 Å². The number of carbonyl (C=O) groups is 1. The Balaban J connectivity index is 1.67. The first-order chi connectivity index (χ1) is 16.3. The number of nitrogens with two attached hydrogens (primary N) is 1. The number of thiophene rings is 1. The molecule has 0 spiro atoms. The number of aromatic amines is 1. The lowest BCUT2D eigenvalue weighted by Crippen LogP contribution is -2.46. The van der Waals surface area contributed by atoms with Gasteiger partial charge in [-0.15, -0.1) is 11.3 Å². The Morgan fingerprint density at radius 3 is 2.65 bits per heavy atom. The lowest BCUT2D eigenvalue weighted by Gasteiger charge is -2.30. The van der Waals surface area contributed by atoms with Gasteiger partial charge in [-0.05, 0) is 42.3 Å². The number of hydrogen-bond acceptors (Lipinski definition) is 6. The molecule has 1 amide bonds. The van der Waals surface area contributed by atoms with E-state index < -0.39 is 11.2 Å². The first kappa shape index (κ1) is 24.0. The highest BCUT2D eigenvalue weighted by Gasteiger charge is 2.32. The first-order valence-electron chi connectivity index (χ1n) is 11.6. The number of amides is 1. The number of likely N-dealkylation sites (tertiary alicyclic amines) is 1. The van der Waals surface area contributed by atoms with Crippen LogP contribution in [0.25, 0.3) is 0 Å². The molecule has 8 nitrogen and oxygen atoms in total. The molecule has 1 aromatic carbocycles. The molecule has 3 N–H and O–H groups in total. The van der Waals surface area contributed by atoms with E-state index in [-0.39, 0.29) is 42.5 Å². The fourth-order valence-corrected chi connectivity index (χ4v) is 5.42. The van der Waals surface area contributed by atoms with Crippen molar-refractivity contribution in [3.05, 3.63) is 79.1 Å². The van der Waals surface area contributed by atoms with E-state index in [0.717, 1.165) is 24.9 Å². The Bertz CT molecular complexity index is 1230. The fraction of sp³-hybridized carbons (Fsp3) is 0.400. The molecule has 1 saturated heterocycles. The summed E-state index contributed by atoms with van der Waals surface area (Å²) in [5.74, 6) is -0.0916. The molecular weight excluding hydrogens is 450 g/mol. The third-order valence-corrected chi connectivity index (χ3v) is 7.06. The zero-order valence-electron chi connectivity index (χ0n) is 19.6. The molecule has 3 aromatic rings. The maximum absolute atomic E-state index is 13.6. The molecule has 0 radical (unpaired) electrons.